The van der Waals surface area contributed by atoms with Crippen LogP contribution in [0.1, 0.15) is 32.6 Å². The molecule has 88 valence electrons. The monoisotopic (exact) mass is 242 g/mol. The fraction of sp³-hybridized carbons (Fsp3) is 0.500. The minimum Gasteiger partial charge on any atom is -0.460 e. The summed E-state index contributed by atoms with van der Waals surface area (Å²) in [7, 11) is 0. The first-order chi connectivity index (χ1) is 7.65. The maximum atomic E-state index is 11.3. The van der Waals surface area contributed by atoms with Crippen LogP contribution in [-0.4, -0.2) is 18.4 Å². The average Bonchev–Trinajstić information content (AvgIpc) is 2.30. The summed E-state index contributed by atoms with van der Waals surface area (Å²) in [5.41, 5.74) is 0.950. The van der Waals surface area contributed by atoms with Gasteiger partial charge in [0.1, 0.15) is 0 Å². The van der Waals surface area contributed by atoms with Crippen LogP contribution < -0.4 is 0 Å². The first kappa shape index (κ1) is 13.0. The van der Waals surface area contributed by atoms with Crippen molar-refractivity contribution >= 4 is 23.4 Å². The molecule has 0 amide bonds. The minimum absolute atomic E-state index is 0.193. The number of carbonyl (C=O) groups excluding carboxylic acids is 2. The van der Waals surface area contributed by atoms with Gasteiger partial charge in [0.2, 0.25) is 0 Å². The molecule has 0 aliphatic heterocycles. The van der Waals surface area contributed by atoms with Gasteiger partial charge >= 0.3 is 5.97 Å². The van der Waals surface area contributed by atoms with Crippen LogP contribution in [0.4, 0.5) is 0 Å². The summed E-state index contributed by atoms with van der Waals surface area (Å²) in [6.45, 7) is 1.85. The van der Waals surface area contributed by atoms with Crippen molar-refractivity contribution in [2.75, 3.05) is 6.61 Å². The number of ketones is 1. The number of halogens is 1. The van der Waals surface area contributed by atoms with E-state index in [9.17, 15) is 9.59 Å². The second kappa shape index (κ2) is 6.48. The Labute approximate surface area is 100 Å². The third-order valence-electron chi connectivity index (χ3n) is 2.33. The van der Waals surface area contributed by atoms with Crippen molar-refractivity contribution in [2.45, 2.75) is 32.6 Å². The molecular formula is C12H15ClO3. The van der Waals surface area contributed by atoms with Gasteiger partial charge in [-0.2, -0.15) is 0 Å². The lowest BCUT2D eigenvalue weighted by molar-refractivity contribution is -0.151. The van der Waals surface area contributed by atoms with E-state index >= 15 is 0 Å². The van der Waals surface area contributed by atoms with Crippen molar-refractivity contribution in [1.29, 1.82) is 0 Å². The molecule has 16 heavy (non-hydrogen) atoms. The SMILES string of the molecule is CCOC(=O)C(=O)/C=C(\Cl)C1=CCCCC1. The van der Waals surface area contributed by atoms with Crippen molar-refractivity contribution in [3.8, 4) is 0 Å². The zero-order chi connectivity index (χ0) is 12.0. The van der Waals surface area contributed by atoms with Gasteiger partial charge in [0.25, 0.3) is 5.78 Å². The Hall–Kier alpha value is -1.09. The van der Waals surface area contributed by atoms with E-state index in [2.05, 4.69) is 4.74 Å². The van der Waals surface area contributed by atoms with Crippen molar-refractivity contribution in [1.82, 2.24) is 0 Å². The molecule has 0 aromatic rings. The molecule has 0 fully saturated rings. The van der Waals surface area contributed by atoms with Crippen molar-refractivity contribution in [3.63, 3.8) is 0 Å². The van der Waals surface area contributed by atoms with Gasteiger partial charge in [0, 0.05) is 11.1 Å². The topological polar surface area (TPSA) is 43.4 Å². The van der Waals surface area contributed by atoms with Gasteiger partial charge in [-0.3, -0.25) is 4.79 Å². The molecule has 0 aromatic heterocycles. The average molecular weight is 243 g/mol. The maximum absolute atomic E-state index is 11.3. The molecule has 0 N–H and O–H groups in total. The van der Waals surface area contributed by atoms with E-state index in [0.717, 1.165) is 37.3 Å². The van der Waals surface area contributed by atoms with Gasteiger partial charge in [-0.25, -0.2) is 4.79 Å². The summed E-state index contributed by atoms with van der Waals surface area (Å²) in [6.07, 6.45) is 7.24. The molecule has 0 saturated carbocycles. The molecule has 0 heterocycles. The molecular weight excluding hydrogens is 228 g/mol. The lowest BCUT2D eigenvalue weighted by atomic mass is 9.99. The van der Waals surface area contributed by atoms with Gasteiger partial charge in [0.15, 0.2) is 0 Å². The Kier molecular flexibility index (Phi) is 5.26. The van der Waals surface area contributed by atoms with Crippen LogP contribution in [-0.2, 0) is 14.3 Å². The summed E-state index contributed by atoms with van der Waals surface area (Å²) < 4.78 is 4.58. The zero-order valence-corrected chi connectivity index (χ0v) is 10.0. The first-order valence-electron chi connectivity index (χ1n) is 5.42. The van der Waals surface area contributed by atoms with Crippen LogP contribution in [0.25, 0.3) is 0 Å². The van der Waals surface area contributed by atoms with Crippen LogP contribution in [0.15, 0.2) is 22.8 Å². The third kappa shape index (κ3) is 3.81. The molecule has 1 rings (SSSR count). The van der Waals surface area contributed by atoms with Crippen LogP contribution >= 0.6 is 11.6 Å². The largest absolute Gasteiger partial charge is 0.460 e. The zero-order valence-electron chi connectivity index (χ0n) is 9.29. The highest BCUT2D eigenvalue weighted by Crippen LogP contribution is 2.26. The number of rotatable bonds is 4. The summed E-state index contributed by atoms with van der Waals surface area (Å²) in [5, 5.41) is 0.359. The number of hydrogen-bond acceptors (Lipinski definition) is 3. The third-order valence-corrected chi connectivity index (χ3v) is 2.68. The van der Waals surface area contributed by atoms with E-state index in [-0.39, 0.29) is 6.61 Å². The minimum atomic E-state index is -0.850. The van der Waals surface area contributed by atoms with Crippen LogP contribution in [0.3, 0.4) is 0 Å². The predicted molar refractivity (Wildman–Crippen MR) is 62.1 cm³/mol. The normalized spacial score (nSPS) is 16.6. The summed E-state index contributed by atoms with van der Waals surface area (Å²) in [6, 6.07) is 0. The molecule has 0 atom stereocenters. The Morgan fingerprint density at radius 1 is 1.50 bits per heavy atom. The lowest BCUT2D eigenvalue weighted by Crippen LogP contribution is -2.15. The van der Waals surface area contributed by atoms with Crippen LogP contribution in [0.5, 0.6) is 0 Å². The van der Waals surface area contributed by atoms with Gasteiger partial charge in [-0.05, 0) is 38.2 Å². The molecule has 0 unspecified atom stereocenters. The summed E-state index contributed by atoms with van der Waals surface area (Å²) >= 11 is 5.96. The van der Waals surface area contributed by atoms with Crippen molar-refractivity contribution in [2.24, 2.45) is 0 Å². The number of hydrogen-bond donors (Lipinski definition) is 0. The molecule has 4 heteroatoms. The van der Waals surface area contributed by atoms with Crippen LogP contribution in [0.2, 0.25) is 0 Å². The van der Waals surface area contributed by atoms with Gasteiger partial charge < -0.3 is 4.74 Å². The Morgan fingerprint density at radius 2 is 2.25 bits per heavy atom. The van der Waals surface area contributed by atoms with E-state index in [0.29, 0.717) is 5.03 Å². The molecule has 1 aliphatic carbocycles. The molecule has 0 radical (unpaired) electrons. The van der Waals surface area contributed by atoms with Gasteiger partial charge in [-0.1, -0.05) is 17.7 Å². The highest BCUT2D eigenvalue weighted by molar-refractivity contribution is 6.42. The van der Waals surface area contributed by atoms with E-state index in [4.69, 9.17) is 11.6 Å². The fourth-order valence-corrected chi connectivity index (χ4v) is 1.79. The van der Waals surface area contributed by atoms with Gasteiger partial charge in [0.05, 0.1) is 6.61 Å². The van der Waals surface area contributed by atoms with Gasteiger partial charge in [-0.15, -0.1) is 0 Å². The summed E-state index contributed by atoms with van der Waals surface area (Å²) in [5.74, 6) is -1.55. The second-order valence-corrected chi connectivity index (χ2v) is 3.96. The maximum Gasteiger partial charge on any atom is 0.379 e. The van der Waals surface area contributed by atoms with Crippen LogP contribution in [0, 0.1) is 0 Å². The molecule has 0 spiro atoms. The summed E-state index contributed by atoms with van der Waals surface area (Å²) in [4.78, 5) is 22.4. The smallest absolute Gasteiger partial charge is 0.379 e. The number of esters is 1. The van der Waals surface area contributed by atoms with E-state index in [1.165, 1.54) is 0 Å². The lowest BCUT2D eigenvalue weighted by Gasteiger charge is -2.11. The Bertz CT molecular complexity index is 342. The molecule has 0 bridgehead atoms. The van der Waals surface area contributed by atoms with E-state index < -0.39 is 11.8 Å². The second-order valence-electron chi connectivity index (χ2n) is 3.55. The highest BCUT2D eigenvalue weighted by Gasteiger charge is 2.14. The van der Waals surface area contributed by atoms with E-state index in [1.54, 1.807) is 6.92 Å². The predicted octanol–water partition coefficient (Wildman–Crippen LogP) is 2.74. The molecule has 0 saturated heterocycles. The highest BCUT2D eigenvalue weighted by atomic mass is 35.5. The number of carbonyl (C=O) groups is 2. The van der Waals surface area contributed by atoms with Crippen molar-refractivity contribution in [3.05, 3.63) is 22.8 Å². The standard InChI is InChI=1S/C12H15ClO3/c1-2-16-12(15)11(14)8-10(13)9-6-4-3-5-7-9/h6,8H,2-5,7H2,1H3/b10-8-. The molecule has 1 aliphatic rings. The number of ether oxygens (including phenoxy) is 1. The Balaban J connectivity index is 2.65. The van der Waals surface area contributed by atoms with Crippen molar-refractivity contribution < 1.29 is 14.3 Å². The molecule has 0 aromatic carbocycles. The fourth-order valence-electron chi connectivity index (χ4n) is 1.52. The quantitative estimate of drug-likeness (QED) is 0.433. The first-order valence-corrected chi connectivity index (χ1v) is 5.80. The number of allylic oxidation sites excluding steroid dienone is 3. The Morgan fingerprint density at radius 3 is 2.81 bits per heavy atom. The molecule has 3 nitrogen and oxygen atoms in total. The van der Waals surface area contributed by atoms with E-state index in [1.807, 2.05) is 6.08 Å².